The van der Waals surface area contributed by atoms with Crippen molar-refractivity contribution in [2.24, 2.45) is 0 Å². The number of rotatable bonds is 4. The van der Waals surface area contributed by atoms with E-state index in [1.165, 1.54) is 0 Å². The second kappa shape index (κ2) is 6.33. The summed E-state index contributed by atoms with van der Waals surface area (Å²) >= 11 is 0. The standard InChI is InChI=1S/C13H8BF5O3/c15-8-1-6(2-9(16)12(8)19)5-22-13-10(17)3-7(14(20)21)4-11(13)18/h1-4,20-21H,5H2. The van der Waals surface area contributed by atoms with Gasteiger partial charge in [0.1, 0.15) is 6.61 Å². The van der Waals surface area contributed by atoms with Crippen molar-refractivity contribution < 1.29 is 36.7 Å². The summed E-state index contributed by atoms with van der Waals surface area (Å²) in [5.74, 6) is -7.91. The van der Waals surface area contributed by atoms with Gasteiger partial charge in [-0.15, -0.1) is 0 Å². The molecule has 0 heterocycles. The Balaban J connectivity index is 2.22. The van der Waals surface area contributed by atoms with Crippen molar-refractivity contribution in [1.29, 1.82) is 0 Å². The third kappa shape index (κ3) is 3.37. The summed E-state index contributed by atoms with van der Waals surface area (Å²) in [5, 5.41) is 17.6. The molecular formula is C13H8BF5O3. The van der Waals surface area contributed by atoms with Crippen LogP contribution in [0.4, 0.5) is 22.0 Å². The van der Waals surface area contributed by atoms with Crippen LogP contribution in [0.2, 0.25) is 0 Å². The van der Waals surface area contributed by atoms with Crippen LogP contribution in [0.3, 0.4) is 0 Å². The van der Waals surface area contributed by atoms with E-state index in [1.54, 1.807) is 0 Å². The molecule has 0 radical (unpaired) electrons. The van der Waals surface area contributed by atoms with Crippen molar-refractivity contribution in [3.05, 3.63) is 58.9 Å². The Labute approximate surface area is 121 Å². The molecule has 116 valence electrons. The molecule has 2 aromatic rings. The minimum atomic E-state index is -2.07. The van der Waals surface area contributed by atoms with E-state index < -0.39 is 54.0 Å². The fourth-order valence-electron chi connectivity index (χ4n) is 1.71. The quantitative estimate of drug-likeness (QED) is 0.512. The maximum atomic E-state index is 13.6. The van der Waals surface area contributed by atoms with E-state index in [1.807, 2.05) is 0 Å². The molecular weight excluding hydrogens is 310 g/mol. The summed E-state index contributed by atoms with van der Waals surface area (Å²) in [7, 11) is -2.07. The van der Waals surface area contributed by atoms with E-state index >= 15 is 0 Å². The molecule has 0 aromatic heterocycles. The molecule has 0 fully saturated rings. The van der Waals surface area contributed by atoms with Gasteiger partial charge in [-0.2, -0.15) is 0 Å². The lowest BCUT2D eigenvalue weighted by atomic mass is 9.80. The normalized spacial score (nSPS) is 10.7. The van der Waals surface area contributed by atoms with Crippen LogP contribution in [0.5, 0.6) is 5.75 Å². The molecule has 0 atom stereocenters. The van der Waals surface area contributed by atoms with Gasteiger partial charge in [0.25, 0.3) is 0 Å². The monoisotopic (exact) mass is 318 g/mol. The Hall–Kier alpha value is -2.13. The zero-order valence-corrected chi connectivity index (χ0v) is 10.8. The van der Waals surface area contributed by atoms with Gasteiger partial charge in [-0.25, -0.2) is 22.0 Å². The van der Waals surface area contributed by atoms with E-state index in [9.17, 15) is 22.0 Å². The Bertz CT molecular complexity index is 662. The summed E-state index contributed by atoms with van der Waals surface area (Å²) in [6.07, 6.45) is 0. The van der Waals surface area contributed by atoms with Gasteiger partial charge in [0.2, 0.25) is 0 Å². The molecule has 0 amide bonds. The van der Waals surface area contributed by atoms with Gasteiger partial charge in [-0.1, -0.05) is 0 Å². The third-order valence-electron chi connectivity index (χ3n) is 2.75. The molecule has 0 saturated heterocycles. The zero-order chi connectivity index (χ0) is 16.4. The van der Waals surface area contributed by atoms with Gasteiger partial charge < -0.3 is 14.8 Å². The molecule has 0 saturated carbocycles. The van der Waals surface area contributed by atoms with Crippen molar-refractivity contribution >= 4 is 12.6 Å². The molecule has 9 heteroatoms. The highest BCUT2D eigenvalue weighted by Gasteiger charge is 2.19. The number of benzene rings is 2. The van der Waals surface area contributed by atoms with E-state index in [0.717, 1.165) is 0 Å². The predicted molar refractivity (Wildman–Crippen MR) is 66.8 cm³/mol. The molecule has 2 rings (SSSR count). The van der Waals surface area contributed by atoms with Crippen molar-refractivity contribution in [2.45, 2.75) is 6.61 Å². The molecule has 0 bridgehead atoms. The van der Waals surface area contributed by atoms with Crippen LogP contribution in [0, 0.1) is 29.1 Å². The molecule has 0 spiro atoms. The number of hydrogen-bond acceptors (Lipinski definition) is 3. The van der Waals surface area contributed by atoms with E-state index in [-0.39, 0.29) is 5.56 Å². The Morgan fingerprint density at radius 1 is 0.818 bits per heavy atom. The molecule has 0 aliphatic rings. The first kappa shape index (κ1) is 16.2. The maximum absolute atomic E-state index is 13.6. The van der Waals surface area contributed by atoms with Crippen molar-refractivity contribution in [3.63, 3.8) is 0 Å². The smallest absolute Gasteiger partial charge is 0.483 e. The van der Waals surface area contributed by atoms with Crippen molar-refractivity contribution in [2.75, 3.05) is 0 Å². The van der Waals surface area contributed by atoms with Crippen LogP contribution in [0.15, 0.2) is 24.3 Å². The van der Waals surface area contributed by atoms with Crippen LogP contribution >= 0.6 is 0 Å². The maximum Gasteiger partial charge on any atom is 0.488 e. The fraction of sp³-hybridized carbons (Fsp3) is 0.0769. The third-order valence-corrected chi connectivity index (χ3v) is 2.75. The summed E-state index contributed by atoms with van der Waals surface area (Å²) in [6, 6.07) is 2.52. The van der Waals surface area contributed by atoms with Gasteiger partial charge in [0.15, 0.2) is 34.8 Å². The van der Waals surface area contributed by atoms with Gasteiger partial charge in [-0.05, 0) is 35.3 Å². The highest BCUT2D eigenvalue weighted by Crippen LogP contribution is 2.22. The van der Waals surface area contributed by atoms with Crippen LogP contribution in [-0.2, 0) is 6.61 Å². The number of halogens is 5. The topological polar surface area (TPSA) is 49.7 Å². The van der Waals surface area contributed by atoms with Crippen molar-refractivity contribution in [1.82, 2.24) is 0 Å². The highest BCUT2D eigenvalue weighted by molar-refractivity contribution is 6.58. The number of hydrogen-bond donors (Lipinski definition) is 2. The predicted octanol–water partition coefficient (Wildman–Crippen LogP) is 1.64. The molecule has 22 heavy (non-hydrogen) atoms. The van der Waals surface area contributed by atoms with Gasteiger partial charge in [-0.3, -0.25) is 0 Å². The summed E-state index contributed by atoms with van der Waals surface area (Å²) in [5.41, 5.74) is -0.609. The van der Waals surface area contributed by atoms with Gasteiger partial charge in [0.05, 0.1) is 0 Å². The minimum Gasteiger partial charge on any atom is -0.483 e. The van der Waals surface area contributed by atoms with Crippen LogP contribution in [0.25, 0.3) is 0 Å². The van der Waals surface area contributed by atoms with Crippen LogP contribution in [0.1, 0.15) is 5.56 Å². The van der Waals surface area contributed by atoms with Gasteiger partial charge in [0, 0.05) is 0 Å². The second-order valence-electron chi connectivity index (χ2n) is 4.35. The lowest BCUT2D eigenvalue weighted by molar-refractivity contribution is 0.272. The zero-order valence-electron chi connectivity index (χ0n) is 10.8. The van der Waals surface area contributed by atoms with Gasteiger partial charge >= 0.3 is 7.12 Å². The molecule has 0 aliphatic heterocycles. The average Bonchev–Trinajstić information content (AvgIpc) is 2.43. The molecule has 2 aromatic carbocycles. The Morgan fingerprint density at radius 2 is 1.32 bits per heavy atom. The lowest BCUT2D eigenvalue weighted by Crippen LogP contribution is -2.30. The first-order chi connectivity index (χ1) is 10.3. The summed E-state index contributed by atoms with van der Waals surface area (Å²) in [4.78, 5) is 0. The molecule has 3 nitrogen and oxygen atoms in total. The molecule has 0 unspecified atom stereocenters. The molecule has 2 N–H and O–H groups in total. The van der Waals surface area contributed by atoms with E-state index in [2.05, 4.69) is 0 Å². The summed E-state index contributed by atoms with van der Waals surface area (Å²) in [6.45, 7) is -0.622. The first-order valence-electron chi connectivity index (χ1n) is 5.91. The SMILES string of the molecule is OB(O)c1cc(F)c(OCc2cc(F)c(F)c(F)c2)c(F)c1. The highest BCUT2D eigenvalue weighted by atomic mass is 19.2. The Kier molecular flexibility index (Phi) is 4.67. The summed E-state index contributed by atoms with van der Waals surface area (Å²) < 4.78 is 70.7. The van der Waals surface area contributed by atoms with Crippen LogP contribution < -0.4 is 10.2 Å². The second-order valence-corrected chi connectivity index (χ2v) is 4.35. The molecule has 0 aliphatic carbocycles. The minimum absolute atomic E-state index is 0.179. The van der Waals surface area contributed by atoms with E-state index in [0.29, 0.717) is 24.3 Å². The van der Waals surface area contributed by atoms with Crippen molar-refractivity contribution in [3.8, 4) is 5.75 Å². The Morgan fingerprint density at radius 3 is 1.77 bits per heavy atom. The average molecular weight is 318 g/mol. The van der Waals surface area contributed by atoms with Crippen LogP contribution in [-0.4, -0.2) is 17.2 Å². The largest absolute Gasteiger partial charge is 0.488 e. The fourth-order valence-corrected chi connectivity index (χ4v) is 1.71. The first-order valence-corrected chi connectivity index (χ1v) is 5.91. The lowest BCUT2D eigenvalue weighted by Gasteiger charge is -2.10. The number of ether oxygens (including phenoxy) is 1. The van der Waals surface area contributed by atoms with E-state index in [4.69, 9.17) is 14.8 Å².